The Morgan fingerprint density at radius 3 is 1.58 bits per heavy atom. The molecular weight excluding hydrogens is 192 g/mol. The second-order valence-corrected chi connectivity index (χ2v) is 1.85. The maximum absolute atomic E-state index is 11.8. The largest absolute Gasteiger partial charge is 0.463 e. The number of carbonyl (C=O) groups is 1. The van der Waals surface area contributed by atoms with E-state index in [1.54, 1.807) is 0 Å². The van der Waals surface area contributed by atoms with Gasteiger partial charge >= 0.3 is 18.0 Å². The molecule has 0 aromatic heterocycles. The molecule has 0 fully saturated rings. The summed E-state index contributed by atoms with van der Waals surface area (Å²) < 4.78 is 69.1. The summed E-state index contributed by atoms with van der Waals surface area (Å²) >= 11 is 0. The van der Waals surface area contributed by atoms with Crippen molar-refractivity contribution in [1.29, 1.82) is 0 Å². The minimum Gasteiger partial charge on any atom is -0.265 e. The van der Waals surface area contributed by atoms with Crippen LogP contribution >= 0.6 is 0 Å². The van der Waals surface area contributed by atoms with Crippen LogP contribution in [-0.2, 0) is 4.79 Å². The maximum Gasteiger partial charge on any atom is 0.463 e. The smallest absolute Gasteiger partial charge is 0.265 e. The van der Waals surface area contributed by atoms with Crippen molar-refractivity contribution in [3.8, 4) is 0 Å². The molecule has 12 heavy (non-hydrogen) atoms. The Morgan fingerprint density at radius 1 is 1.17 bits per heavy atom. The summed E-state index contributed by atoms with van der Waals surface area (Å²) in [5, 5.41) is -1.31. The Hall–Kier alpha value is -0.950. The van der Waals surface area contributed by atoms with Crippen LogP contribution in [0.15, 0.2) is 0 Å². The SMILES string of the molecule is CN(F)C(=O)C(F)(F)C(F)(F)F. The van der Waals surface area contributed by atoms with Crippen molar-refractivity contribution in [2.24, 2.45) is 0 Å². The van der Waals surface area contributed by atoms with E-state index in [1.165, 1.54) is 0 Å². The van der Waals surface area contributed by atoms with Crippen LogP contribution < -0.4 is 0 Å². The zero-order valence-electron chi connectivity index (χ0n) is 5.62. The Kier molecular flexibility index (Phi) is 2.61. The van der Waals surface area contributed by atoms with Gasteiger partial charge in [0.05, 0.1) is 0 Å². The van der Waals surface area contributed by atoms with E-state index in [2.05, 4.69) is 0 Å². The van der Waals surface area contributed by atoms with Crippen LogP contribution in [0.3, 0.4) is 0 Å². The third kappa shape index (κ3) is 1.80. The van der Waals surface area contributed by atoms with Crippen molar-refractivity contribution in [3.05, 3.63) is 0 Å². The number of amides is 1. The molecule has 0 saturated carbocycles. The number of alkyl halides is 5. The van der Waals surface area contributed by atoms with E-state index in [1.807, 2.05) is 0 Å². The predicted octanol–water partition coefficient (Wildman–Crippen LogP) is 1.53. The topological polar surface area (TPSA) is 20.3 Å². The first kappa shape index (κ1) is 11.0. The lowest BCUT2D eigenvalue weighted by Gasteiger charge is -2.19. The van der Waals surface area contributed by atoms with E-state index < -0.39 is 23.1 Å². The number of hydrogen-bond donors (Lipinski definition) is 0. The molecule has 0 atom stereocenters. The van der Waals surface area contributed by atoms with Crippen LogP contribution in [0.25, 0.3) is 0 Å². The zero-order chi connectivity index (χ0) is 10.2. The first-order chi connectivity index (χ1) is 5.10. The van der Waals surface area contributed by atoms with Crippen molar-refractivity contribution < 1.29 is 31.2 Å². The number of rotatable bonds is 1. The summed E-state index contributed by atoms with van der Waals surface area (Å²) in [5.41, 5.74) is 0. The van der Waals surface area contributed by atoms with Crippen LogP contribution in [0.1, 0.15) is 0 Å². The Labute approximate surface area is 62.7 Å². The number of carbonyl (C=O) groups excluding carboxylic acids is 1. The summed E-state index contributed by atoms with van der Waals surface area (Å²) in [5.74, 6) is -8.61. The molecule has 0 saturated heterocycles. The average molecular weight is 195 g/mol. The Bertz CT molecular complexity index is 184. The molecule has 0 spiro atoms. The minimum atomic E-state index is -6.07. The van der Waals surface area contributed by atoms with Crippen molar-refractivity contribution in [2.45, 2.75) is 12.1 Å². The van der Waals surface area contributed by atoms with E-state index >= 15 is 0 Å². The summed E-state index contributed by atoms with van der Waals surface area (Å²) in [4.78, 5) is 9.89. The van der Waals surface area contributed by atoms with E-state index in [-0.39, 0.29) is 7.05 Å². The fraction of sp³-hybridized carbons (Fsp3) is 0.750. The lowest BCUT2D eigenvalue weighted by molar-refractivity contribution is -0.278. The molecule has 0 aliphatic heterocycles. The molecule has 0 radical (unpaired) electrons. The van der Waals surface area contributed by atoms with Gasteiger partial charge in [0, 0.05) is 7.05 Å². The number of nitrogens with zero attached hydrogens (tertiary/aromatic N) is 1. The van der Waals surface area contributed by atoms with Gasteiger partial charge in [-0.2, -0.15) is 27.1 Å². The van der Waals surface area contributed by atoms with Gasteiger partial charge in [-0.25, -0.2) is 0 Å². The Morgan fingerprint density at radius 2 is 1.50 bits per heavy atom. The number of halogens is 6. The molecule has 0 aliphatic carbocycles. The predicted molar refractivity (Wildman–Crippen MR) is 24.9 cm³/mol. The standard InChI is InChI=1S/C4H3F6NO/c1-11(10)2(12)3(5,6)4(7,8)9/h1H3. The molecule has 0 rings (SSSR count). The van der Waals surface area contributed by atoms with Crippen molar-refractivity contribution in [2.75, 3.05) is 7.05 Å². The molecule has 0 bridgehead atoms. The van der Waals surface area contributed by atoms with E-state index in [0.717, 1.165) is 0 Å². The van der Waals surface area contributed by atoms with E-state index in [4.69, 9.17) is 0 Å². The highest BCUT2D eigenvalue weighted by Gasteiger charge is 2.64. The zero-order valence-corrected chi connectivity index (χ0v) is 5.62. The summed E-state index contributed by atoms with van der Waals surface area (Å²) in [7, 11) is 0.155. The highest BCUT2D eigenvalue weighted by molar-refractivity contribution is 5.83. The van der Waals surface area contributed by atoms with Crippen LogP contribution in [0.5, 0.6) is 0 Å². The van der Waals surface area contributed by atoms with Gasteiger partial charge in [0.2, 0.25) is 0 Å². The maximum atomic E-state index is 11.8. The molecular formula is C4H3F6NO. The van der Waals surface area contributed by atoms with Gasteiger partial charge in [-0.05, 0) is 0 Å². The van der Waals surface area contributed by atoms with Gasteiger partial charge in [0.1, 0.15) is 0 Å². The first-order valence-corrected chi connectivity index (χ1v) is 2.49. The number of hydrogen-bond acceptors (Lipinski definition) is 1. The average Bonchev–Trinajstić information content (AvgIpc) is 1.83. The molecule has 0 N–H and O–H groups in total. The molecule has 1 amide bonds. The first-order valence-electron chi connectivity index (χ1n) is 2.49. The van der Waals surface area contributed by atoms with Gasteiger partial charge in [0.25, 0.3) is 0 Å². The molecule has 72 valence electrons. The molecule has 0 aliphatic rings. The fourth-order valence-electron chi connectivity index (χ4n) is 0.315. The second kappa shape index (κ2) is 2.83. The highest BCUT2D eigenvalue weighted by Crippen LogP contribution is 2.36. The van der Waals surface area contributed by atoms with Gasteiger partial charge in [-0.1, -0.05) is 4.48 Å². The van der Waals surface area contributed by atoms with Crippen LogP contribution in [0, 0.1) is 0 Å². The van der Waals surface area contributed by atoms with E-state index in [9.17, 15) is 31.2 Å². The lowest BCUT2D eigenvalue weighted by atomic mass is 10.3. The third-order valence-corrected chi connectivity index (χ3v) is 0.904. The second-order valence-electron chi connectivity index (χ2n) is 1.85. The lowest BCUT2D eigenvalue weighted by Crippen LogP contribution is -2.48. The molecule has 2 nitrogen and oxygen atoms in total. The van der Waals surface area contributed by atoms with Crippen LogP contribution in [0.4, 0.5) is 26.4 Å². The van der Waals surface area contributed by atoms with Crippen molar-refractivity contribution in [3.63, 3.8) is 0 Å². The van der Waals surface area contributed by atoms with Crippen LogP contribution in [0.2, 0.25) is 0 Å². The summed E-state index contributed by atoms with van der Waals surface area (Å²) in [6.45, 7) is 0. The van der Waals surface area contributed by atoms with Gasteiger partial charge in [0.15, 0.2) is 0 Å². The van der Waals surface area contributed by atoms with Gasteiger partial charge < -0.3 is 0 Å². The molecule has 0 aromatic carbocycles. The molecule has 8 heteroatoms. The van der Waals surface area contributed by atoms with Crippen molar-refractivity contribution >= 4 is 5.91 Å². The normalized spacial score (nSPS) is 12.9. The van der Waals surface area contributed by atoms with Gasteiger partial charge in [-0.15, -0.1) is 0 Å². The highest BCUT2D eigenvalue weighted by atomic mass is 19.4. The molecule has 0 heterocycles. The Balaban J connectivity index is 4.74. The van der Waals surface area contributed by atoms with Crippen molar-refractivity contribution in [1.82, 2.24) is 5.12 Å². The molecule has 0 aromatic rings. The molecule has 0 unspecified atom stereocenters. The summed E-state index contributed by atoms with van der Waals surface area (Å²) in [6, 6.07) is 0. The monoisotopic (exact) mass is 195 g/mol. The quantitative estimate of drug-likeness (QED) is 0.459. The van der Waals surface area contributed by atoms with E-state index in [0.29, 0.717) is 0 Å². The fourth-order valence-corrected chi connectivity index (χ4v) is 0.315. The third-order valence-electron chi connectivity index (χ3n) is 0.904. The van der Waals surface area contributed by atoms with Crippen LogP contribution in [-0.4, -0.2) is 30.2 Å². The minimum absolute atomic E-state index is 0.155. The summed E-state index contributed by atoms with van der Waals surface area (Å²) in [6.07, 6.45) is -6.07. The van der Waals surface area contributed by atoms with Gasteiger partial charge in [-0.3, -0.25) is 4.79 Å².